The second-order valence-corrected chi connectivity index (χ2v) is 6.81. The van der Waals surface area contributed by atoms with Crippen LogP contribution in [0.2, 0.25) is 0 Å². The number of rotatable bonds is 5. The fraction of sp³-hybridized carbons (Fsp3) is 0.429. The molecule has 0 saturated heterocycles. The van der Waals surface area contributed by atoms with Gasteiger partial charge in [-0.05, 0) is 26.5 Å². The molecule has 3 rings (SSSR count). The zero-order valence-electron chi connectivity index (χ0n) is 17.1. The molecule has 1 unspecified atom stereocenters. The summed E-state index contributed by atoms with van der Waals surface area (Å²) in [6.45, 7) is 2.88. The van der Waals surface area contributed by atoms with E-state index in [1.54, 1.807) is 13.2 Å². The van der Waals surface area contributed by atoms with Gasteiger partial charge in [-0.25, -0.2) is 0 Å². The van der Waals surface area contributed by atoms with Crippen molar-refractivity contribution in [3.63, 3.8) is 0 Å². The van der Waals surface area contributed by atoms with Crippen LogP contribution in [0.5, 0.6) is 34.5 Å². The topological polar surface area (TPSA) is 80.6 Å². The van der Waals surface area contributed by atoms with Crippen molar-refractivity contribution >= 4 is 0 Å². The van der Waals surface area contributed by atoms with E-state index in [4.69, 9.17) is 18.9 Å². The average Bonchev–Trinajstić information content (AvgIpc) is 2.70. The lowest BCUT2D eigenvalue weighted by Crippen LogP contribution is -2.31. The van der Waals surface area contributed by atoms with Crippen LogP contribution < -0.4 is 18.9 Å². The van der Waals surface area contributed by atoms with E-state index in [9.17, 15) is 10.2 Å². The summed E-state index contributed by atoms with van der Waals surface area (Å²) in [5, 5.41) is 21.2. The van der Waals surface area contributed by atoms with E-state index >= 15 is 0 Å². The third-order valence-corrected chi connectivity index (χ3v) is 5.50. The monoisotopic (exact) mass is 389 g/mol. The first-order valence-electron chi connectivity index (χ1n) is 9.04. The highest BCUT2D eigenvalue weighted by atomic mass is 16.5. The number of benzene rings is 2. The number of hydrogen-bond donors (Lipinski definition) is 2. The Hall–Kier alpha value is -2.80. The molecular weight excluding hydrogens is 362 g/mol. The van der Waals surface area contributed by atoms with Crippen molar-refractivity contribution in [1.82, 2.24) is 4.90 Å². The first-order valence-corrected chi connectivity index (χ1v) is 9.04. The van der Waals surface area contributed by atoms with Crippen molar-refractivity contribution in [3.05, 3.63) is 23.3 Å². The largest absolute Gasteiger partial charge is 0.504 e. The number of phenols is 2. The van der Waals surface area contributed by atoms with Gasteiger partial charge in [0.25, 0.3) is 0 Å². The quantitative estimate of drug-likeness (QED) is 0.812. The molecule has 0 bridgehead atoms. The number of nitrogens with zero attached hydrogens (tertiary/aromatic N) is 1. The van der Waals surface area contributed by atoms with E-state index in [0.29, 0.717) is 28.4 Å². The summed E-state index contributed by atoms with van der Waals surface area (Å²) in [4.78, 5) is 2.17. The Kier molecular flexibility index (Phi) is 5.47. The maximum atomic E-state index is 11.1. The van der Waals surface area contributed by atoms with Crippen LogP contribution in [0.25, 0.3) is 11.1 Å². The molecule has 0 spiro atoms. The number of ether oxygens (including phenoxy) is 4. The minimum Gasteiger partial charge on any atom is -0.504 e. The standard InChI is InChI=1S/C21H27NO6/c1-11-17-12(7-8-22(11)2)20(27-5)18(21(28-6)19(17)24)13-9-16(26-4)14(23)10-15(13)25-3/h9-11,23-24H,7-8H2,1-6H3. The summed E-state index contributed by atoms with van der Waals surface area (Å²) in [6, 6.07) is 3.13. The molecule has 152 valence electrons. The van der Waals surface area contributed by atoms with Crippen LogP contribution in [0.3, 0.4) is 0 Å². The number of phenolic OH excluding ortho intramolecular Hbond substituents is 2. The van der Waals surface area contributed by atoms with Crippen LogP contribution in [0.1, 0.15) is 24.1 Å². The normalized spacial score (nSPS) is 16.4. The minimum atomic E-state index is -0.0431. The van der Waals surface area contributed by atoms with Crippen LogP contribution in [0.4, 0.5) is 0 Å². The van der Waals surface area contributed by atoms with Crippen molar-refractivity contribution in [1.29, 1.82) is 0 Å². The predicted octanol–water partition coefficient (Wildman–Crippen LogP) is 3.35. The van der Waals surface area contributed by atoms with Crippen LogP contribution in [-0.2, 0) is 6.42 Å². The lowest BCUT2D eigenvalue weighted by molar-refractivity contribution is 0.235. The van der Waals surface area contributed by atoms with Crippen molar-refractivity contribution < 1.29 is 29.2 Å². The van der Waals surface area contributed by atoms with Gasteiger partial charge in [-0.2, -0.15) is 0 Å². The summed E-state index contributed by atoms with van der Waals surface area (Å²) in [5.41, 5.74) is 2.90. The second-order valence-electron chi connectivity index (χ2n) is 6.81. The summed E-state index contributed by atoms with van der Waals surface area (Å²) < 4.78 is 22.2. The number of methoxy groups -OCH3 is 4. The van der Waals surface area contributed by atoms with Gasteiger partial charge >= 0.3 is 0 Å². The summed E-state index contributed by atoms with van der Waals surface area (Å²) in [7, 11) is 8.11. The van der Waals surface area contributed by atoms with Crippen molar-refractivity contribution in [3.8, 4) is 45.6 Å². The highest BCUT2D eigenvalue weighted by Gasteiger charge is 2.34. The van der Waals surface area contributed by atoms with Gasteiger partial charge in [-0.3, -0.25) is 4.90 Å². The zero-order valence-corrected chi connectivity index (χ0v) is 17.1. The average molecular weight is 389 g/mol. The predicted molar refractivity (Wildman–Crippen MR) is 106 cm³/mol. The number of fused-ring (bicyclic) bond motifs is 1. The Morgan fingerprint density at radius 1 is 0.929 bits per heavy atom. The lowest BCUT2D eigenvalue weighted by atomic mass is 9.87. The fourth-order valence-corrected chi connectivity index (χ4v) is 3.91. The molecule has 7 heteroatoms. The third kappa shape index (κ3) is 2.96. The third-order valence-electron chi connectivity index (χ3n) is 5.50. The Morgan fingerprint density at radius 3 is 2.14 bits per heavy atom. The van der Waals surface area contributed by atoms with Gasteiger partial charge in [0, 0.05) is 35.3 Å². The first kappa shape index (κ1) is 19.9. The van der Waals surface area contributed by atoms with E-state index in [1.165, 1.54) is 27.4 Å². The SMILES string of the molecule is COc1cc(-c2c(OC)c(O)c3c(c2OC)CCN(C)C3C)c(OC)cc1O. The molecule has 2 aromatic carbocycles. The molecule has 0 aromatic heterocycles. The zero-order chi connectivity index (χ0) is 20.6. The Morgan fingerprint density at radius 2 is 1.57 bits per heavy atom. The Balaban J connectivity index is 2.41. The first-order chi connectivity index (χ1) is 13.4. The molecule has 1 aliphatic rings. The lowest BCUT2D eigenvalue weighted by Gasteiger charge is -2.35. The number of likely N-dealkylation sites (N-methyl/N-ethyl adjacent to an activating group) is 1. The molecule has 1 atom stereocenters. The number of hydrogen-bond acceptors (Lipinski definition) is 7. The van der Waals surface area contributed by atoms with Crippen molar-refractivity contribution in [2.45, 2.75) is 19.4 Å². The summed E-state index contributed by atoms with van der Waals surface area (Å²) in [6.07, 6.45) is 0.724. The minimum absolute atomic E-state index is 0.0110. The molecule has 0 amide bonds. The van der Waals surface area contributed by atoms with E-state index in [2.05, 4.69) is 4.90 Å². The number of aromatic hydroxyl groups is 2. The van der Waals surface area contributed by atoms with E-state index in [1.807, 2.05) is 14.0 Å². The smallest absolute Gasteiger partial charge is 0.172 e. The molecule has 0 aliphatic carbocycles. The molecule has 2 N–H and O–H groups in total. The van der Waals surface area contributed by atoms with Gasteiger partial charge in [-0.15, -0.1) is 0 Å². The summed E-state index contributed by atoms with van der Waals surface area (Å²) in [5.74, 6) is 1.65. The van der Waals surface area contributed by atoms with Crippen LogP contribution >= 0.6 is 0 Å². The molecular formula is C21H27NO6. The van der Waals surface area contributed by atoms with Crippen molar-refractivity contribution in [2.75, 3.05) is 42.0 Å². The van der Waals surface area contributed by atoms with Crippen molar-refractivity contribution in [2.24, 2.45) is 0 Å². The fourth-order valence-electron chi connectivity index (χ4n) is 3.91. The Labute approximate surface area is 165 Å². The van der Waals surface area contributed by atoms with Gasteiger partial charge < -0.3 is 29.2 Å². The summed E-state index contributed by atoms with van der Waals surface area (Å²) >= 11 is 0. The van der Waals surface area contributed by atoms with Gasteiger partial charge in [0.15, 0.2) is 23.0 Å². The maximum Gasteiger partial charge on any atom is 0.172 e. The molecule has 0 radical (unpaired) electrons. The van der Waals surface area contributed by atoms with E-state index in [-0.39, 0.29) is 23.3 Å². The molecule has 1 heterocycles. The van der Waals surface area contributed by atoms with Crippen LogP contribution in [-0.4, -0.2) is 57.1 Å². The second kappa shape index (κ2) is 7.67. The van der Waals surface area contributed by atoms with Gasteiger partial charge in [0.05, 0.1) is 34.0 Å². The highest BCUT2D eigenvalue weighted by Crippen LogP contribution is 2.55. The van der Waals surface area contributed by atoms with Gasteiger partial charge in [-0.1, -0.05) is 0 Å². The van der Waals surface area contributed by atoms with E-state index < -0.39 is 0 Å². The molecule has 1 aliphatic heterocycles. The molecule has 7 nitrogen and oxygen atoms in total. The molecule has 28 heavy (non-hydrogen) atoms. The van der Waals surface area contributed by atoms with E-state index in [0.717, 1.165) is 24.1 Å². The Bertz CT molecular complexity index is 895. The van der Waals surface area contributed by atoms with Gasteiger partial charge in [0.2, 0.25) is 0 Å². The molecule has 2 aromatic rings. The molecule has 0 fully saturated rings. The van der Waals surface area contributed by atoms with Gasteiger partial charge in [0.1, 0.15) is 11.5 Å². The highest BCUT2D eigenvalue weighted by molar-refractivity contribution is 5.87. The maximum absolute atomic E-state index is 11.1. The van der Waals surface area contributed by atoms with Crippen LogP contribution in [0.15, 0.2) is 12.1 Å². The molecule has 0 saturated carbocycles. The van der Waals surface area contributed by atoms with Crippen LogP contribution in [0, 0.1) is 0 Å².